The van der Waals surface area contributed by atoms with Gasteiger partial charge in [-0.05, 0) is 43.4 Å². The van der Waals surface area contributed by atoms with Crippen molar-refractivity contribution in [1.82, 2.24) is 0 Å². The van der Waals surface area contributed by atoms with Crippen LogP contribution in [-0.2, 0) is 4.79 Å². The summed E-state index contributed by atoms with van der Waals surface area (Å²) in [6.45, 7) is 6.62. The van der Waals surface area contributed by atoms with Crippen molar-refractivity contribution in [1.29, 1.82) is 0 Å². The lowest BCUT2D eigenvalue weighted by Gasteiger charge is -2.47. The Morgan fingerprint density at radius 1 is 1.29 bits per heavy atom. The van der Waals surface area contributed by atoms with Crippen LogP contribution in [0.5, 0.6) is 0 Å². The Balaban J connectivity index is 2.22. The Kier molecular flexibility index (Phi) is 5.04. The van der Waals surface area contributed by atoms with Crippen LogP contribution in [0.2, 0.25) is 0 Å². The van der Waals surface area contributed by atoms with Crippen LogP contribution in [0.1, 0.15) is 33.6 Å². The summed E-state index contributed by atoms with van der Waals surface area (Å²) in [4.78, 5) is 10.5. The Morgan fingerprint density at radius 3 is 2.67 bits per heavy atom. The first-order valence-corrected chi connectivity index (χ1v) is 7.84. The molecule has 0 radical (unpaired) electrons. The van der Waals surface area contributed by atoms with E-state index in [2.05, 4.69) is 26.8 Å². The van der Waals surface area contributed by atoms with Crippen LogP contribution in [0, 0.1) is 29.6 Å². The lowest BCUT2D eigenvalue weighted by atomic mass is 9.58. The predicted molar refractivity (Wildman–Crippen MR) is 83.7 cm³/mol. The molecular formula is C18H26O3. The first kappa shape index (κ1) is 16.0. The molecule has 3 heteroatoms. The molecule has 3 nitrogen and oxygen atoms in total. The molecule has 1 saturated carbocycles. The highest BCUT2D eigenvalue weighted by molar-refractivity contribution is 5.80. The van der Waals surface area contributed by atoms with Gasteiger partial charge >= 0.3 is 5.97 Å². The number of fused-ring (bicyclic) bond motifs is 1. The lowest BCUT2D eigenvalue weighted by Crippen LogP contribution is -2.43. The molecule has 0 aromatic carbocycles. The molecule has 0 amide bonds. The van der Waals surface area contributed by atoms with Crippen LogP contribution in [0.3, 0.4) is 0 Å². The van der Waals surface area contributed by atoms with Gasteiger partial charge in [0.15, 0.2) is 0 Å². The second-order valence-corrected chi connectivity index (χ2v) is 6.80. The quantitative estimate of drug-likeness (QED) is 0.476. The third-order valence-electron chi connectivity index (χ3n) is 5.08. The monoisotopic (exact) mass is 290 g/mol. The van der Waals surface area contributed by atoms with Gasteiger partial charge in [-0.2, -0.15) is 0 Å². The molecule has 2 aliphatic rings. The fourth-order valence-corrected chi connectivity index (χ4v) is 4.33. The summed E-state index contributed by atoms with van der Waals surface area (Å²) in [6, 6.07) is 0. The van der Waals surface area contributed by atoms with Crippen molar-refractivity contribution < 1.29 is 15.0 Å². The molecule has 116 valence electrons. The zero-order chi connectivity index (χ0) is 15.6. The minimum atomic E-state index is -0.927. The molecule has 2 rings (SSSR count). The van der Waals surface area contributed by atoms with Gasteiger partial charge in [-0.3, -0.25) is 0 Å². The molecule has 21 heavy (non-hydrogen) atoms. The average Bonchev–Trinajstić information content (AvgIpc) is 2.37. The summed E-state index contributed by atoms with van der Waals surface area (Å²) in [5.74, 6) is 1.40. The minimum Gasteiger partial charge on any atom is -0.478 e. The Hall–Kier alpha value is -1.35. The van der Waals surface area contributed by atoms with Crippen molar-refractivity contribution in [2.75, 3.05) is 0 Å². The van der Waals surface area contributed by atoms with E-state index < -0.39 is 5.97 Å². The van der Waals surface area contributed by atoms with E-state index >= 15 is 0 Å². The molecular weight excluding hydrogens is 264 g/mol. The zero-order valence-electron chi connectivity index (χ0n) is 13.1. The number of rotatable bonds is 3. The van der Waals surface area contributed by atoms with E-state index in [0.717, 1.165) is 12.5 Å². The van der Waals surface area contributed by atoms with Gasteiger partial charge in [0.05, 0.1) is 6.10 Å². The van der Waals surface area contributed by atoms with Crippen molar-refractivity contribution in [2.45, 2.75) is 39.7 Å². The van der Waals surface area contributed by atoms with E-state index in [1.807, 2.05) is 12.2 Å². The zero-order valence-corrected chi connectivity index (χ0v) is 13.1. The molecule has 0 saturated heterocycles. The van der Waals surface area contributed by atoms with Gasteiger partial charge in [0, 0.05) is 12.0 Å². The predicted octanol–water partition coefficient (Wildman–Crippen LogP) is 3.42. The smallest absolute Gasteiger partial charge is 0.328 e. The molecule has 1 fully saturated rings. The van der Waals surface area contributed by atoms with Gasteiger partial charge in [-0.1, -0.05) is 43.7 Å². The molecule has 2 aliphatic carbocycles. The summed E-state index contributed by atoms with van der Waals surface area (Å²) < 4.78 is 0. The Labute approximate surface area is 127 Å². The maximum Gasteiger partial charge on any atom is 0.328 e. The van der Waals surface area contributed by atoms with E-state index in [1.165, 1.54) is 12.0 Å². The highest BCUT2D eigenvalue weighted by Crippen LogP contribution is 2.48. The number of carbonyl (C=O) groups is 1. The second-order valence-electron chi connectivity index (χ2n) is 6.80. The van der Waals surface area contributed by atoms with Crippen LogP contribution in [-0.4, -0.2) is 22.3 Å². The number of hydrogen-bond donors (Lipinski definition) is 2. The van der Waals surface area contributed by atoms with E-state index in [-0.39, 0.29) is 6.10 Å². The van der Waals surface area contributed by atoms with Crippen molar-refractivity contribution in [2.24, 2.45) is 29.6 Å². The largest absolute Gasteiger partial charge is 0.478 e. The number of aliphatic carboxylic acids is 1. The standard InChI is InChI=1S/C18H26O3/c1-11-8-13(3)18-14(6-4-5-7-17(20)21)12(2)10-16(19)15(18)9-11/h4-7,10-11,13-16,18-19H,8-9H2,1-3H3,(H,20,21). The fourth-order valence-electron chi connectivity index (χ4n) is 4.33. The number of aliphatic hydroxyl groups excluding tert-OH is 1. The van der Waals surface area contributed by atoms with E-state index in [9.17, 15) is 9.90 Å². The van der Waals surface area contributed by atoms with E-state index in [1.54, 1.807) is 6.08 Å². The average molecular weight is 290 g/mol. The fraction of sp³-hybridized carbons (Fsp3) is 0.611. The summed E-state index contributed by atoms with van der Waals surface area (Å²) in [5, 5.41) is 19.0. The van der Waals surface area contributed by atoms with Crippen LogP contribution >= 0.6 is 0 Å². The Bertz CT molecular complexity index is 475. The maximum atomic E-state index is 10.5. The van der Waals surface area contributed by atoms with Gasteiger partial charge in [0.2, 0.25) is 0 Å². The summed E-state index contributed by atoms with van der Waals surface area (Å²) in [7, 11) is 0. The number of aliphatic hydroxyl groups is 1. The van der Waals surface area contributed by atoms with Gasteiger partial charge in [-0.25, -0.2) is 4.79 Å². The normalized spacial score (nSPS) is 40.3. The van der Waals surface area contributed by atoms with Crippen LogP contribution in [0.15, 0.2) is 36.0 Å². The highest BCUT2D eigenvalue weighted by Gasteiger charge is 2.43. The number of allylic oxidation sites excluding steroid dienone is 4. The van der Waals surface area contributed by atoms with Gasteiger partial charge in [-0.15, -0.1) is 0 Å². The highest BCUT2D eigenvalue weighted by atomic mass is 16.4. The van der Waals surface area contributed by atoms with Crippen molar-refractivity contribution in [3.63, 3.8) is 0 Å². The van der Waals surface area contributed by atoms with Crippen LogP contribution < -0.4 is 0 Å². The minimum absolute atomic E-state index is 0.305. The van der Waals surface area contributed by atoms with Crippen LogP contribution in [0.4, 0.5) is 0 Å². The summed E-state index contributed by atoms with van der Waals surface area (Å²) >= 11 is 0. The first-order chi connectivity index (χ1) is 9.90. The molecule has 0 aromatic rings. The van der Waals surface area contributed by atoms with Crippen molar-refractivity contribution in [3.05, 3.63) is 36.0 Å². The van der Waals surface area contributed by atoms with E-state index in [4.69, 9.17) is 5.11 Å². The third kappa shape index (κ3) is 3.65. The molecule has 0 spiro atoms. The van der Waals surface area contributed by atoms with E-state index in [0.29, 0.717) is 29.6 Å². The summed E-state index contributed by atoms with van der Waals surface area (Å²) in [5.41, 5.74) is 1.20. The maximum absolute atomic E-state index is 10.5. The molecule has 2 N–H and O–H groups in total. The molecule has 0 bridgehead atoms. The topological polar surface area (TPSA) is 57.5 Å². The lowest BCUT2D eigenvalue weighted by molar-refractivity contribution is -0.131. The SMILES string of the molecule is CC1=CC(O)C2CC(C)CC(C)C2C1C=CC=CC(=O)O. The number of carboxylic acid groups (broad SMARTS) is 1. The van der Waals surface area contributed by atoms with Gasteiger partial charge < -0.3 is 10.2 Å². The van der Waals surface area contributed by atoms with Gasteiger partial charge in [0.1, 0.15) is 0 Å². The molecule has 0 aromatic heterocycles. The van der Waals surface area contributed by atoms with Crippen LogP contribution in [0.25, 0.3) is 0 Å². The molecule has 6 atom stereocenters. The summed E-state index contributed by atoms with van der Waals surface area (Å²) in [6.07, 6.45) is 10.6. The molecule has 0 heterocycles. The Morgan fingerprint density at radius 2 is 2.00 bits per heavy atom. The van der Waals surface area contributed by atoms with Crippen molar-refractivity contribution in [3.8, 4) is 0 Å². The second kappa shape index (κ2) is 6.61. The first-order valence-electron chi connectivity index (χ1n) is 7.84. The molecule has 0 aliphatic heterocycles. The third-order valence-corrected chi connectivity index (χ3v) is 5.08. The number of carboxylic acids is 1. The van der Waals surface area contributed by atoms with Gasteiger partial charge in [0.25, 0.3) is 0 Å². The van der Waals surface area contributed by atoms with Crippen molar-refractivity contribution >= 4 is 5.97 Å². The molecule has 6 unspecified atom stereocenters. The number of hydrogen-bond acceptors (Lipinski definition) is 2.